The third-order valence-electron chi connectivity index (χ3n) is 1.75. The van der Waals surface area contributed by atoms with Crippen LogP contribution in [0.5, 0.6) is 0 Å². The van der Waals surface area contributed by atoms with E-state index in [1.54, 1.807) is 5.32 Å². The lowest BCUT2D eigenvalue weighted by Crippen LogP contribution is -2.40. The summed E-state index contributed by atoms with van der Waals surface area (Å²) in [5.74, 6) is -6.81. The molecule has 0 saturated heterocycles. The molecular weight excluding hydrogens is 329 g/mol. The standard InChI is InChI=1S/C9H5BrClF4NO/c10-5-2-1-4(3-6(5)11)16-8(17)9(14,15)7(12)13/h1-3,7H,(H,16,17). The Kier molecular flexibility index (Phi) is 4.37. The summed E-state index contributed by atoms with van der Waals surface area (Å²) >= 11 is 8.69. The van der Waals surface area contributed by atoms with Gasteiger partial charge in [0, 0.05) is 10.2 Å². The second kappa shape index (κ2) is 5.22. The van der Waals surface area contributed by atoms with E-state index in [2.05, 4.69) is 15.9 Å². The molecule has 0 radical (unpaired) electrons. The van der Waals surface area contributed by atoms with Crippen LogP contribution < -0.4 is 5.32 Å². The summed E-state index contributed by atoms with van der Waals surface area (Å²) in [4.78, 5) is 10.9. The molecule has 0 saturated carbocycles. The molecule has 1 rings (SSSR count). The quantitative estimate of drug-likeness (QED) is 0.834. The molecule has 0 aliphatic carbocycles. The van der Waals surface area contributed by atoms with E-state index in [4.69, 9.17) is 11.6 Å². The van der Waals surface area contributed by atoms with Gasteiger partial charge in [0.25, 0.3) is 0 Å². The number of carbonyl (C=O) groups is 1. The fourth-order valence-electron chi connectivity index (χ4n) is 0.887. The van der Waals surface area contributed by atoms with Crippen molar-refractivity contribution in [2.24, 2.45) is 0 Å². The summed E-state index contributed by atoms with van der Waals surface area (Å²) in [6.07, 6.45) is -4.06. The number of benzene rings is 1. The van der Waals surface area contributed by atoms with Crippen molar-refractivity contribution < 1.29 is 22.4 Å². The van der Waals surface area contributed by atoms with Crippen LogP contribution in [0.4, 0.5) is 23.2 Å². The monoisotopic (exact) mass is 333 g/mol. The number of carbonyl (C=O) groups excluding carboxylic acids is 1. The van der Waals surface area contributed by atoms with E-state index in [1.807, 2.05) is 0 Å². The first kappa shape index (κ1) is 14.2. The van der Waals surface area contributed by atoms with Gasteiger partial charge in [-0.2, -0.15) is 8.78 Å². The normalized spacial score (nSPS) is 11.7. The minimum atomic E-state index is -4.74. The van der Waals surface area contributed by atoms with Crippen molar-refractivity contribution in [2.75, 3.05) is 5.32 Å². The zero-order chi connectivity index (χ0) is 13.2. The first-order valence-electron chi connectivity index (χ1n) is 4.17. The lowest BCUT2D eigenvalue weighted by atomic mass is 10.3. The number of halogens is 6. The molecule has 17 heavy (non-hydrogen) atoms. The van der Waals surface area contributed by atoms with Crippen molar-refractivity contribution in [2.45, 2.75) is 12.3 Å². The summed E-state index contributed by atoms with van der Waals surface area (Å²) in [5.41, 5.74) is -0.0940. The summed E-state index contributed by atoms with van der Waals surface area (Å²) in [5, 5.41) is 1.81. The zero-order valence-electron chi connectivity index (χ0n) is 7.99. The van der Waals surface area contributed by atoms with E-state index in [1.165, 1.54) is 12.1 Å². The molecule has 0 atom stereocenters. The van der Waals surface area contributed by atoms with E-state index < -0.39 is 18.3 Å². The maximum atomic E-state index is 12.6. The number of hydrogen-bond acceptors (Lipinski definition) is 1. The predicted octanol–water partition coefficient (Wildman–Crippen LogP) is 3.94. The van der Waals surface area contributed by atoms with Gasteiger partial charge in [-0.15, -0.1) is 0 Å². The van der Waals surface area contributed by atoms with Gasteiger partial charge in [-0.25, -0.2) is 8.78 Å². The van der Waals surface area contributed by atoms with Gasteiger partial charge in [0.15, 0.2) is 0 Å². The Morgan fingerprint density at radius 1 is 1.41 bits per heavy atom. The molecular formula is C9H5BrClF4NO. The maximum absolute atomic E-state index is 12.6. The number of hydrogen-bond donors (Lipinski definition) is 1. The Hall–Kier alpha value is -0.820. The van der Waals surface area contributed by atoms with Crippen LogP contribution in [0.25, 0.3) is 0 Å². The lowest BCUT2D eigenvalue weighted by Gasteiger charge is -2.14. The summed E-state index contributed by atoms with van der Waals surface area (Å²) < 4.78 is 49.4. The minimum Gasteiger partial charge on any atom is -0.321 e. The van der Waals surface area contributed by atoms with Crippen molar-refractivity contribution in [3.63, 3.8) is 0 Å². The minimum absolute atomic E-state index is 0.0940. The highest BCUT2D eigenvalue weighted by Crippen LogP contribution is 2.28. The molecule has 0 unspecified atom stereocenters. The van der Waals surface area contributed by atoms with Crippen LogP contribution in [0.1, 0.15) is 0 Å². The third-order valence-corrected chi connectivity index (χ3v) is 2.99. The number of amides is 1. The van der Waals surface area contributed by atoms with Gasteiger partial charge in [0.1, 0.15) is 0 Å². The molecule has 0 aliphatic rings. The van der Waals surface area contributed by atoms with Crippen LogP contribution in [0.15, 0.2) is 22.7 Å². The van der Waals surface area contributed by atoms with Crippen molar-refractivity contribution in [3.05, 3.63) is 27.7 Å². The molecule has 2 nitrogen and oxygen atoms in total. The maximum Gasteiger partial charge on any atom is 0.383 e. The molecule has 0 heterocycles. The molecule has 1 amide bonds. The van der Waals surface area contributed by atoms with Gasteiger partial charge in [-0.3, -0.25) is 4.79 Å². The molecule has 1 aromatic carbocycles. The lowest BCUT2D eigenvalue weighted by molar-refractivity contribution is -0.163. The van der Waals surface area contributed by atoms with Crippen LogP contribution >= 0.6 is 27.5 Å². The Morgan fingerprint density at radius 3 is 2.47 bits per heavy atom. The number of rotatable bonds is 3. The largest absolute Gasteiger partial charge is 0.383 e. The highest BCUT2D eigenvalue weighted by atomic mass is 79.9. The van der Waals surface area contributed by atoms with Gasteiger partial charge in [0.05, 0.1) is 5.02 Å². The molecule has 0 fully saturated rings. The predicted molar refractivity (Wildman–Crippen MR) is 58.7 cm³/mol. The van der Waals surface area contributed by atoms with E-state index in [0.29, 0.717) is 4.47 Å². The fourth-order valence-corrected chi connectivity index (χ4v) is 1.31. The van der Waals surface area contributed by atoms with Gasteiger partial charge >= 0.3 is 18.3 Å². The number of alkyl halides is 4. The fraction of sp³-hybridized carbons (Fsp3) is 0.222. The second-order valence-corrected chi connectivity index (χ2v) is 4.27. The molecule has 8 heteroatoms. The van der Waals surface area contributed by atoms with Crippen LogP contribution in [-0.2, 0) is 4.79 Å². The Bertz CT molecular complexity index is 441. The summed E-state index contributed by atoms with van der Waals surface area (Å²) in [7, 11) is 0. The first-order chi connectivity index (χ1) is 7.75. The smallest absolute Gasteiger partial charge is 0.321 e. The zero-order valence-corrected chi connectivity index (χ0v) is 10.3. The molecule has 1 N–H and O–H groups in total. The highest BCUT2D eigenvalue weighted by molar-refractivity contribution is 9.10. The highest BCUT2D eigenvalue weighted by Gasteiger charge is 2.48. The second-order valence-electron chi connectivity index (χ2n) is 3.01. The van der Waals surface area contributed by atoms with Crippen molar-refractivity contribution in [1.82, 2.24) is 0 Å². The Balaban J connectivity index is 2.85. The number of anilines is 1. The van der Waals surface area contributed by atoms with Crippen LogP contribution in [0.2, 0.25) is 5.02 Å². The van der Waals surface area contributed by atoms with Gasteiger partial charge in [0.2, 0.25) is 0 Å². The average Bonchev–Trinajstić information content (AvgIpc) is 2.23. The van der Waals surface area contributed by atoms with Gasteiger partial charge in [-0.05, 0) is 34.1 Å². The van der Waals surface area contributed by atoms with E-state index in [0.717, 1.165) is 6.07 Å². The SMILES string of the molecule is O=C(Nc1ccc(Br)c(Cl)c1)C(F)(F)C(F)F. The Labute approximate surface area is 107 Å². The van der Waals surface area contributed by atoms with E-state index >= 15 is 0 Å². The van der Waals surface area contributed by atoms with E-state index in [9.17, 15) is 22.4 Å². The number of nitrogens with one attached hydrogen (secondary N) is 1. The average molecular weight is 334 g/mol. The molecule has 0 bridgehead atoms. The summed E-state index contributed by atoms with van der Waals surface area (Å²) in [6.45, 7) is 0. The molecule has 0 spiro atoms. The van der Waals surface area contributed by atoms with Crippen LogP contribution in [-0.4, -0.2) is 18.3 Å². The molecule has 0 aliphatic heterocycles. The van der Waals surface area contributed by atoms with Crippen molar-refractivity contribution in [3.8, 4) is 0 Å². The van der Waals surface area contributed by atoms with Gasteiger partial charge in [-0.1, -0.05) is 11.6 Å². The van der Waals surface area contributed by atoms with Gasteiger partial charge < -0.3 is 5.32 Å². The van der Waals surface area contributed by atoms with E-state index in [-0.39, 0.29) is 10.7 Å². The molecule has 1 aromatic rings. The topological polar surface area (TPSA) is 29.1 Å². The molecule has 0 aromatic heterocycles. The first-order valence-corrected chi connectivity index (χ1v) is 5.34. The summed E-state index contributed by atoms with van der Waals surface area (Å²) in [6, 6.07) is 3.79. The molecule has 94 valence electrons. The van der Waals surface area contributed by atoms with Crippen LogP contribution in [0, 0.1) is 0 Å². The van der Waals surface area contributed by atoms with Crippen LogP contribution in [0.3, 0.4) is 0 Å². The third kappa shape index (κ3) is 3.32. The van der Waals surface area contributed by atoms with Crippen molar-refractivity contribution in [1.29, 1.82) is 0 Å². The Morgan fingerprint density at radius 2 is 2.00 bits per heavy atom. The van der Waals surface area contributed by atoms with Crippen molar-refractivity contribution >= 4 is 39.1 Å².